The van der Waals surface area contributed by atoms with Crippen molar-refractivity contribution in [2.75, 3.05) is 20.3 Å². The summed E-state index contributed by atoms with van der Waals surface area (Å²) in [5.41, 5.74) is 1.03. The molecular formula is C22H21NO6. The lowest BCUT2D eigenvalue weighted by molar-refractivity contribution is -0.137. The minimum atomic E-state index is -0.551. The van der Waals surface area contributed by atoms with Crippen molar-refractivity contribution in [1.82, 2.24) is 0 Å². The van der Waals surface area contributed by atoms with Gasteiger partial charge in [-0.3, -0.25) is 0 Å². The smallest absolute Gasteiger partial charge is 0.343 e. The van der Waals surface area contributed by atoms with Gasteiger partial charge in [-0.1, -0.05) is 6.07 Å². The van der Waals surface area contributed by atoms with Crippen LogP contribution in [0.25, 0.3) is 6.08 Å². The number of nitriles is 1. The van der Waals surface area contributed by atoms with Gasteiger partial charge in [-0.05, 0) is 55.0 Å². The van der Waals surface area contributed by atoms with Crippen LogP contribution in [0.15, 0.2) is 48.5 Å². The van der Waals surface area contributed by atoms with Crippen LogP contribution < -0.4 is 14.2 Å². The molecule has 2 aromatic carbocycles. The van der Waals surface area contributed by atoms with Crippen LogP contribution in [0.5, 0.6) is 17.2 Å². The number of benzene rings is 2. The molecule has 0 aromatic heterocycles. The second kappa shape index (κ2) is 11.1. The molecule has 0 N–H and O–H groups in total. The van der Waals surface area contributed by atoms with Gasteiger partial charge in [-0.25, -0.2) is 9.59 Å². The van der Waals surface area contributed by atoms with Gasteiger partial charge in [0.15, 0.2) is 11.5 Å². The third-order valence-corrected chi connectivity index (χ3v) is 3.66. The van der Waals surface area contributed by atoms with Crippen molar-refractivity contribution >= 4 is 18.0 Å². The highest BCUT2D eigenvalue weighted by molar-refractivity contribution is 5.91. The van der Waals surface area contributed by atoms with E-state index in [1.54, 1.807) is 42.5 Å². The lowest BCUT2D eigenvalue weighted by atomic mass is 10.2. The summed E-state index contributed by atoms with van der Waals surface area (Å²) >= 11 is 0. The van der Waals surface area contributed by atoms with Crippen molar-refractivity contribution in [3.63, 3.8) is 0 Å². The molecule has 0 heterocycles. The first-order valence-corrected chi connectivity index (χ1v) is 8.92. The standard InChI is InChI=1S/C22H21NO6/c1-3-27-18-9-7-17(8-10-18)22(25)29-19-11-5-16(15-20(19)26-2)6-12-21(24)28-14-4-13-23/h5-12,15H,3-4,14H2,1-2H3/b12-6+. The zero-order valence-corrected chi connectivity index (χ0v) is 16.2. The summed E-state index contributed by atoms with van der Waals surface area (Å²) in [6, 6.07) is 13.4. The molecule has 0 aliphatic carbocycles. The van der Waals surface area contributed by atoms with Gasteiger partial charge >= 0.3 is 11.9 Å². The first-order valence-electron chi connectivity index (χ1n) is 8.92. The minimum Gasteiger partial charge on any atom is -0.494 e. The van der Waals surface area contributed by atoms with Crippen LogP contribution in [0.4, 0.5) is 0 Å². The van der Waals surface area contributed by atoms with Crippen molar-refractivity contribution in [3.05, 3.63) is 59.7 Å². The van der Waals surface area contributed by atoms with Crippen LogP contribution in [0, 0.1) is 11.3 Å². The van der Waals surface area contributed by atoms with Gasteiger partial charge in [0.25, 0.3) is 0 Å². The molecule has 0 radical (unpaired) electrons. The number of nitrogens with zero attached hydrogens (tertiary/aromatic N) is 1. The van der Waals surface area contributed by atoms with Crippen molar-refractivity contribution in [2.45, 2.75) is 13.3 Å². The highest BCUT2D eigenvalue weighted by atomic mass is 16.6. The maximum absolute atomic E-state index is 12.4. The SMILES string of the molecule is CCOc1ccc(C(=O)Oc2ccc(/C=C/C(=O)OCCC#N)cc2OC)cc1. The molecule has 0 saturated carbocycles. The average molecular weight is 395 g/mol. The Bertz CT molecular complexity index is 912. The molecule has 2 aromatic rings. The molecule has 0 amide bonds. The molecule has 29 heavy (non-hydrogen) atoms. The largest absolute Gasteiger partial charge is 0.494 e. The summed E-state index contributed by atoms with van der Waals surface area (Å²) in [6.45, 7) is 2.47. The summed E-state index contributed by atoms with van der Waals surface area (Å²) < 4.78 is 20.9. The summed E-state index contributed by atoms with van der Waals surface area (Å²) in [6.07, 6.45) is 2.93. The lowest BCUT2D eigenvalue weighted by Gasteiger charge is -2.10. The van der Waals surface area contributed by atoms with Crippen LogP contribution in [0.3, 0.4) is 0 Å². The van der Waals surface area contributed by atoms with E-state index in [1.165, 1.54) is 19.3 Å². The third kappa shape index (κ3) is 6.70. The summed E-state index contributed by atoms with van der Waals surface area (Å²) in [5, 5.41) is 8.43. The molecule has 0 fully saturated rings. The summed E-state index contributed by atoms with van der Waals surface area (Å²) in [7, 11) is 1.45. The number of carbonyl (C=O) groups excluding carboxylic acids is 2. The van der Waals surface area contributed by atoms with Gasteiger partial charge in [0.05, 0.1) is 31.8 Å². The average Bonchev–Trinajstić information content (AvgIpc) is 2.74. The van der Waals surface area contributed by atoms with E-state index in [4.69, 9.17) is 24.2 Å². The van der Waals surface area contributed by atoms with Gasteiger partial charge in [0.2, 0.25) is 0 Å². The molecule has 2 rings (SSSR count). The first-order chi connectivity index (χ1) is 14.1. The van der Waals surface area contributed by atoms with Gasteiger partial charge in [-0.2, -0.15) is 5.26 Å². The summed E-state index contributed by atoms with van der Waals surface area (Å²) in [5.74, 6) is 0.175. The van der Waals surface area contributed by atoms with E-state index >= 15 is 0 Å². The lowest BCUT2D eigenvalue weighted by Crippen LogP contribution is -2.09. The fraction of sp³-hybridized carbons (Fsp3) is 0.227. The fourth-order valence-corrected chi connectivity index (χ4v) is 2.29. The Morgan fingerprint density at radius 1 is 1.10 bits per heavy atom. The van der Waals surface area contributed by atoms with Crippen LogP contribution in [0.2, 0.25) is 0 Å². The molecule has 0 saturated heterocycles. The Hall–Kier alpha value is -3.79. The molecule has 0 bridgehead atoms. The van der Waals surface area contributed by atoms with Gasteiger partial charge in [-0.15, -0.1) is 0 Å². The predicted octanol–water partition coefficient (Wildman–Crippen LogP) is 3.78. The van der Waals surface area contributed by atoms with Gasteiger partial charge in [0, 0.05) is 6.08 Å². The van der Waals surface area contributed by atoms with Gasteiger partial charge in [0.1, 0.15) is 12.4 Å². The molecule has 0 aliphatic heterocycles. The van der Waals surface area contributed by atoms with Gasteiger partial charge < -0.3 is 18.9 Å². The second-order valence-electron chi connectivity index (χ2n) is 5.67. The Morgan fingerprint density at radius 3 is 2.52 bits per heavy atom. The number of rotatable bonds is 9. The van der Waals surface area contributed by atoms with Crippen molar-refractivity contribution in [2.24, 2.45) is 0 Å². The van der Waals surface area contributed by atoms with Crippen LogP contribution in [0.1, 0.15) is 29.3 Å². The number of carbonyl (C=O) groups is 2. The number of hydrogen-bond donors (Lipinski definition) is 0. The molecule has 0 aliphatic rings. The minimum absolute atomic E-state index is 0.0451. The number of ether oxygens (including phenoxy) is 4. The van der Waals surface area contributed by atoms with Crippen molar-refractivity contribution in [1.29, 1.82) is 5.26 Å². The number of methoxy groups -OCH3 is 1. The van der Waals surface area contributed by atoms with E-state index in [-0.39, 0.29) is 18.8 Å². The molecule has 0 spiro atoms. The Kier molecular flexibility index (Phi) is 8.27. The zero-order valence-electron chi connectivity index (χ0n) is 16.2. The quantitative estimate of drug-likeness (QED) is 0.276. The fourth-order valence-electron chi connectivity index (χ4n) is 2.29. The first kappa shape index (κ1) is 21.5. The Morgan fingerprint density at radius 2 is 1.86 bits per heavy atom. The molecule has 150 valence electrons. The van der Waals surface area contributed by atoms with E-state index in [2.05, 4.69) is 0 Å². The second-order valence-corrected chi connectivity index (χ2v) is 5.67. The topological polar surface area (TPSA) is 94.9 Å². The van der Waals surface area contributed by atoms with Crippen molar-refractivity contribution < 1.29 is 28.5 Å². The molecule has 7 heteroatoms. The number of hydrogen-bond acceptors (Lipinski definition) is 7. The van der Waals surface area contributed by atoms with Crippen LogP contribution >= 0.6 is 0 Å². The van der Waals surface area contributed by atoms with E-state index in [1.807, 2.05) is 13.0 Å². The molecule has 0 atom stereocenters. The monoisotopic (exact) mass is 395 g/mol. The van der Waals surface area contributed by atoms with E-state index in [9.17, 15) is 9.59 Å². The maximum atomic E-state index is 12.4. The third-order valence-electron chi connectivity index (χ3n) is 3.66. The van der Waals surface area contributed by atoms with E-state index < -0.39 is 11.9 Å². The highest BCUT2D eigenvalue weighted by Crippen LogP contribution is 2.29. The van der Waals surface area contributed by atoms with Crippen LogP contribution in [-0.2, 0) is 9.53 Å². The Balaban J connectivity index is 2.05. The zero-order chi connectivity index (χ0) is 21.1. The molecule has 7 nitrogen and oxygen atoms in total. The van der Waals surface area contributed by atoms with Crippen molar-refractivity contribution in [3.8, 4) is 23.3 Å². The van der Waals surface area contributed by atoms with E-state index in [0.29, 0.717) is 29.2 Å². The normalized spacial score (nSPS) is 10.2. The maximum Gasteiger partial charge on any atom is 0.343 e. The molecule has 0 unspecified atom stereocenters. The molecular weight excluding hydrogens is 374 g/mol. The summed E-state index contributed by atoms with van der Waals surface area (Å²) in [4.78, 5) is 23.9. The predicted molar refractivity (Wildman–Crippen MR) is 106 cm³/mol. The van der Waals surface area contributed by atoms with Crippen LogP contribution in [-0.4, -0.2) is 32.3 Å². The Labute approximate surface area is 169 Å². The highest BCUT2D eigenvalue weighted by Gasteiger charge is 2.13. The number of esters is 2. The van der Waals surface area contributed by atoms with E-state index in [0.717, 1.165) is 0 Å².